The Morgan fingerprint density at radius 2 is 2.00 bits per heavy atom. The number of benzene rings is 1. The first-order valence-electron chi connectivity index (χ1n) is 8.39. The smallest absolute Gasteiger partial charge is 0.317 e. The lowest BCUT2D eigenvalue weighted by molar-refractivity contribution is -0.153. The third-order valence-electron chi connectivity index (χ3n) is 4.71. The number of urea groups is 1. The van der Waals surface area contributed by atoms with Crippen LogP contribution in [0.25, 0.3) is 0 Å². The fourth-order valence-corrected chi connectivity index (χ4v) is 3.12. The lowest BCUT2D eigenvalue weighted by Crippen LogP contribution is -2.52. The van der Waals surface area contributed by atoms with Crippen LogP contribution in [0.4, 0.5) is 4.79 Å². The lowest BCUT2D eigenvalue weighted by atomic mass is 9.77. The first-order chi connectivity index (χ1) is 12.0. The molecule has 1 saturated heterocycles. The molecule has 7 heteroatoms. The summed E-state index contributed by atoms with van der Waals surface area (Å²) < 4.78 is 10.2. The summed E-state index contributed by atoms with van der Waals surface area (Å²) in [6, 6.07) is 7.20. The number of nitrogens with zero attached hydrogens (tertiary/aromatic N) is 1. The van der Waals surface area contributed by atoms with Crippen molar-refractivity contribution in [2.45, 2.75) is 25.8 Å². The second-order valence-corrected chi connectivity index (χ2v) is 6.36. The Labute approximate surface area is 147 Å². The van der Waals surface area contributed by atoms with Crippen molar-refractivity contribution < 1.29 is 24.2 Å². The molecule has 2 rings (SSSR count). The second kappa shape index (κ2) is 8.71. The molecule has 2 N–H and O–H groups in total. The Morgan fingerprint density at radius 3 is 2.60 bits per heavy atom. The number of hydrogen-bond donors (Lipinski definition) is 2. The normalized spacial score (nSPS) is 20.2. The number of carbonyl (C=O) groups is 2. The molecule has 7 nitrogen and oxygen atoms in total. The van der Waals surface area contributed by atoms with Gasteiger partial charge in [-0.1, -0.05) is 12.1 Å². The van der Waals surface area contributed by atoms with Crippen LogP contribution in [0.2, 0.25) is 0 Å². The van der Waals surface area contributed by atoms with E-state index in [2.05, 4.69) is 5.32 Å². The molecule has 0 aliphatic carbocycles. The van der Waals surface area contributed by atoms with Crippen LogP contribution in [-0.4, -0.2) is 55.9 Å². The van der Waals surface area contributed by atoms with Crippen molar-refractivity contribution in [1.82, 2.24) is 10.2 Å². The van der Waals surface area contributed by atoms with Gasteiger partial charge in [0.05, 0.1) is 12.5 Å². The second-order valence-electron chi connectivity index (χ2n) is 6.36. The third kappa shape index (κ3) is 4.85. The number of carbonyl (C=O) groups excluding carboxylic acids is 1. The third-order valence-corrected chi connectivity index (χ3v) is 4.71. The highest BCUT2D eigenvalue weighted by molar-refractivity contribution is 5.78. The van der Waals surface area contributed by atoms with E-state index in [1.807, 2.05) is 24.3 Å². The van der Waals surface area contributed by atoms with Crippen LogP contribution in [0.1, 0.15) is 24.8 Å². The van der Waals surface area contributed by atoms with Crippen molar-refractivity contribution in [3.8, 4) is 5.75 Å². The predicted molar refractivity (Wildman–Crippen MR) is 92.6 cm³/mol. The highest BCUT2D eigenvalue weighted by Crippen LogP contribution is 2.34. The molecule has 1 heterocycles. The average molecular weight is 350 g/mol. The minimum Gasteiger partial charge on any atom is -0.497 e. The molecule has 25 heavy (non-hydrogen) atoms. The van der Waals surface area contributed by atoms with E-state index in [9.17, 15) is 14.7 Å². The largest absolute Gasteiger partial charge is 0.497 e. The maximum atomic E-state index is 12.4. The highest BCUT2D eigenvalue weighted by Gasteiger charge is 2.43. The molecule has 1 aromatic rings. The van der Waals surface area contributed by atoms with Gasteiger partial charge in [-0.05, 0) is 37.0 Å². The standard InChI is InChI=1S/C18H26N2O5/c1-24-11-9-18(16(21)22)8-3-10-20(13-18)17(23)19-12-14-4-6-15(25-2)7-5-14/h4-7H,3,8-13H2,1-2H3,(H,19,23)(H,21,22)/t18-/m0/s1. The van der Waals surface area contributed by atoms with Gasteiger partial charge in [0.1, 0.15) is 5.75 Å². The molecule has 0 radical (unpaired) electrons. The molecule has 1 fully saturated rings. The van der Waals surface area contributed by atoms with E-state index in [0.717, 1.165) is 11.3 Å². The number of rotatable bonds is 7. The van der Waals surface area contributed by atoms with E-state index >= 15 is 0 Å². The lowest BCUT2D eigenvalue weighted by Gasteiger charge is -2.39. The Balaban J connectivity index is 1.94. The Bertz CT molecular complexity index is 590. The van der Waals surface area contributed by atoms with Crippen LogP contribution >= 0.6 is 0 Å². The molecule has 2 amide bonds. The van der Waals surface area contributed by atoms with E-state index < -0.39 is 11.4 Å². The van der Waals surface area contributed by atoms with E-state index in [-0.39, 0.29) is 12.6 Å². The van der Waals surface area contributed by atoms with Crippen LogP contribution < -0.4 is 10.1 Å². The zero-order valence-corrected chi connectivity index (χ0v) is 14.8. The molecule has 0 unspecified atom stereocenters. The van der Waals surface area contributed by atoms with Crippen LogP contribution in [0.3, 0.4) is 0 Å². The summed E-state index contributed by atoms with van der Waals surface area (Å²) in [5, 5.41) is 12.5. The number of aliphatic carboxylic acids is 1. The number of amides is 2. The molecule has 0 spiro atoms. The fourth-order valence-electron chi connectivity index (χ4n) is 3.12. The van der Waals surface area contributed by atoms with Gasteiger partial charge in [0.2, 0.25) is 0 Å². The number of ether oxygens (including phenoxy) is 2. The first-order valence-corrected chi connectivity index (χ1v) is 8.39. The molecule has 1 aliphatic rings. The van der Waals surface area contributed by atoms with Gasteiger partial charge < -0.3 is 24.8 Å². The quantitative estimate of drug-likeness (QED) is 0.786. The van der Waals surface area contributed by atoms with Gasteiger partial charge in [-0.2, -0.15) is 0 Å². The molecule has 0 bridgehead atoms. The number of methoxy groups -OCH3 is 2. The first kappa shape index (κ1) is 19.1. The van der Waals surface area contributed by atoms with Crippen LogP contribution in [0.15, 0.2) is 24.3 Å². The van der Waals surface area contributed by atoms with Gasteiger partial charge >= 0.3 is 12.0 Å². The number of nitrogens with one attached hydrogen (secondary N) is 1. The molecule has 0 saturated carbocycles. The van der Waals surface area contributed by atoms with Crippen molar-refractivity contribution in [1.29, 1.82) is 0 Å². The van der Waals surface area contributed by atoms with Crippen LogP contribution in [0, 0.1) is 5.41 Å². The SMILES string of the molecule is COCC[C@@]1(C(=O)O)CCCN(C(=O)NCc2ccc(OC)cc2)C1. The molecular formula is C18H26N2O5. The highest BCUT2D eigenvalue weighted by atomic mass is 16.5. The average Bonchev–Trinajstić information content (AvgIpc) is 2.64. The number of piperidine rings is 1. The van der Waals surface area contributed by atoms with Gasteiger partial charge in [0.15, 0.2) is 0 Å². The monoisotopic (exact) mass is 350 g/mol. The zero-order chi connectivity index (χ0) is 18.3. The summed E-state index contributed by atoms with van der Waals surface area (Å²) >= 11 is 0. The number of hydrogen-bond acceptors (Lipinski definition) is 4. The molecule has 1 atom stereocenters. The molecule has 0 aromatic heterocycles. The van der Waals surface area contributed by atoms with Crippen molar-refractivity contribution in [3.63, 3.8) is 0 Å². The topological polar surface area (TPSA) is 88.1 Å². The maximum Gasteiger partial charge on any atom is 0.317 e. The van der Waals surface area contributed by atoms with Crippen LogP contribution in [-0.2, 0) is 16.1 Å². The minimum absolute atomic E-state index is 0.208. The Hall–Kier alpha value is -2.28. The number of carboxylic acid groups (broad SMARTS) is 1. The Morgan fingerprint density at radius 1 is 1.28 bits per heavy atom. The molecule has 1 aliphatic heterocycles. The van der Waals surface area contributed by atoms with E-state index in [4.69, 9.17) is 9.47 Å². The summed E-state index contributed by atoms with van der Waals surface area (Å²) in [4.78, 5) is 25.8. The summed E-state index contributed by atoms with van der Waals surface area (Å²) in [5.41, 5.74) is 0.0289. The zero-order valence-electron chi connectivity index (χ0n) is 14.8. The maximum absolute atomic E-state index is 12.4. The summed E-state index contributed by atoms with van der Waals surface area (Å²) in [6.07, 6.45) is 1.64. The van der Waals surface area contributed by atoms with E-state index in [1.165, 1.54) is 0 Å². The fraction of sp³-hybridized carbons (Fsp3) is 0.556. The minimum atomic E-state index is -0.925. The van der Waals surface area contributed by atoms with Gasteiger partial charge in [0.25, 0.3) is 0 Å². The molecular weight excluding hydrogens is 324 g/mol. The van der Waals surface area contributed by atoms with Gasteiger partial charge in [0, 0.05) is 33.4 Å². The van der Waals surface area contributed by atoms with Crippen molar-refractivity contribution in [2.75, 3.05) is 33.9 Å². The van der Waals surface area contributed by atoms with Gasteiger partial charge in [-0.15, -0.1) is 0 Å². The summed E-state index contributed by atoms with van der Waals surface area (Å²) in [7, 11) is 3.16. The van der Waals surface area contributed by atoms with Crippen molar-refractivity contribution >= 4 is 12.0 Å². The predicted octanol–water partition coefficient (Wildman–Crippen LogP) is 2.11. The van der Waals surface area contributed by atoms with Crippen LogP contribution in [0.5, 0.6) is 5.75 Å². The summed E-state index contributed by atoms with van der Waals surface area (Å²) in [6.45, 7) is 1.53. The van der Waals surface area contributed by atoms with Gasteiger partial charge in [-0.3, -0.25) is 4.79 Å². The Kier molecular flexibility index (Phi) is 6.64. The van der Waals surface area contributed by atoms with Gasteiger partial charge in [-0.25, -0.2) is 4.79 Å². The number of likely N-dealkylation sites (tertiary alicyclic amines) is 1. The van der Waals surface area contributed by atoms with E-state index in [0.29, 0.717) is 39.0 Å². The summed E-state index contributed by atoms with van der Waals surface area (Å²) in [5.74, 6) is -0.104. The van der Waals surface area contributed by atoms with Crippen molar-refractivity contribution in [3.05, 3.63) is 29.8 Å². The molecule has 138 valence electrons. The van der Waals surface area contributed by atoms with Crippen molar-refractivity contribution in [2.24, 2.45) is 5.41 Å². The number of carboxylic acids is 1. The van der Waals surface area contributed by atoms with E-state index in [1.54, 1.807) is 19.1 Å². The molecule has 1 aromatic carbocycles.